The maximum Gasteiger partial charge on any atom is 0.332 e. The number of aryl methyl sites for hydroxylation is 2. The van der Waals surface area contributed by atoms with Gasteiger partial charge in [0.25, 0.3) is 17.4 Å². The van der Waals surface area contributed by atoms with Gasteiger partial charge in [0.1, 0.15) is 29.3 Å². The number of rotatable bonds is 10. The number of carbonyl (C=O) groups is 2. The van der Waals surface area contributed by atoms with E-state index in [1.54, 1.807) is 55.9 Å². The van der Waals surface area contributed by atoms with Gasteiger partial charge in [0.05, 0.1) is 18.9 Å². The van der Waals surface area contributed by atoms with E-state index in [9.17, 15) is 29.4 Å². The normalized spacial score (nSPS) is 18.6. The van der Waals surface area contributed by atoms with E-state index in [2.05, 4.69) is 35.6 Å². The number of benzene rings is 1. The minimum Gasteiger partial charge on any atom is -0.441 e. The summed E-state index contributed by atoms with van der Waals surface area (Å²) in [5.41, 5.74) is 7.00. The van der Waals surface area contributed by atoms with Crippen LogP contribution in [-0.4, -0.2) is 90.1 Å². The standard InChI is InChI=1S/C33H36N12O8/c1-5-35-28(49)23-21(46)22(47)31(53-23)45-14-37-19-24(34)39-32(40-25(19)45)41-27(48)15-8-10-16(11-9-15)29-36-13-17(52-29)12-18-38-26-20(42(18)4)30(50)44(7-3)33(51)43(26)6-2/h8-11,13-14,21-23,31,46-47H,5-7,12H2,1-4H3,(H,35,49)(H3,34,39,40,41,48)/t21-,22+,23+,31+/m0/s1. The molecule has 0 bridgehead atoms. The number of ether oxygens (including phenoxy) is 1. The third-order valence-electron chi connectivity index (χ3n) is 9.04. The molecule has 0 aliphatic carbocycles. The lowest BCUT2D eigenvalue weighted by molar-refractivity contribution is -0.137. The van der Waals surface area contributed by atoms with E-state index in [1.165, 1.54) is 20.0 Å². The molecule has 6 N–H and O–H groups in total. The summed E-state index contributed by atoms with van der Waals surface area (Å²) in [6.07, 6.45) is -2.54. The molecule has 20 heteroatoms. The van der Waals surface area contributed by atoms with E-state index in [0.29, 0.717) is 41.4 Å². The largest absolute Gasteiger partial charge is 0.441 e. The van der Waals surface area contributed by atoms with Crippen molar-refractivity contribution in [2.24, 2.45) is 7.05 Å². The van der Waals surface area contributed by atoms with Crippen LogP contribution < -0.4 is 27.6 Å². The van der Waals surface area contributed by atoms with Gasteiger partial charge in [0.2, 0.25) is 11.8 Å². The molecular formula is C33H36N12O8. The van der Waals surface area contributed by atoms with Crippen molar-refractivity contribution in [3.05, 3.63) is 74.8 Å². The second-order valence-electron chi connectivity index (χ2n) is 12.3. The van der Waals surface area contributed by atoms with Crippen LogP contribution in [0.1, 0.15) is 48.9 Å². The summed E-state index contributed by atoms with van der Waals surface area (Å²) in [6, 6.07) is 6.41. The van der Waals surface area contributed by atoms with E-state index < -0.39 is 47.6 Å². The summed E-state index contributed by atoms with van der Waals surface area (Å²) in [5.74, 6) is -0.111. The topological polar surface area (TPSA) is 265 Å². The number of oxazole rings is 1. The smallest absolute Gasteiger partial charge is 0.332 e. The second-order valence-corrected chi connectivity index (χ2v) is 12.3. The van der Waals surface area contributed by atoms with E-state index in [1.807, 2.05) is 6.92 Å². The van der Waals surface area contributed by atoms with Crippen LogP contribution in [0, 0.1) is 0 Å². The van der Waals surface area contributed by atoms with Crippen LogP contribution in [-0.2, 0) is 36.1 Å². The van der Waals surface area contributed by atoms with Crippen LogP contribution in [0.2, 0.25) is 0 Å². The van der Waals surface area contributed by atoms with Crippen molar-refractivity contribution < 1.29 is 29.0 Å². The number of anilines is 2. The number of aliphatic hydroxyl groups is 2. The van der Waals surface area contributed by atoms with Gasteiger partial charge in [-0.15, -0.1) is 0 Å². The number of carbonyl (C=O) groups excluding carboxylic acids is 2. The van der Waals surface area contributed by atoms with Crippen LogP contribution in [0.5, 0.6) is 0 Å². The monoisotopic (exact) mass is 728 g/mol. The molecule has 1 fully saturated rings. The summed E-state index contributed by atoms with van der Waals surface area (Å²) < 4.78 is 17.3. The molecule has 5 aromatic heterocycles. The summed E-state index contributed by atoms with van der Waals surface area (Å²) in [5, 5.41) is 26.3. The second kappa shape index (κ2) is 13.7. The molecule has 0 saturated carbocycles. The molecule has 6 heterocycles. The lowest BCUT2D eigenvalue weighted by Gasteiger charge is -2.16. The Bertz CT molecular complexity index is 2500. The number of fused-ring (bicyclic) bond motifs is 2. The predicted octanol–water partition coefficient (Wildman–Crippen LogP) is -0.0882. The van der Waals surface area contributed by atoms with Gasteiger partial charge in [-0.3, -0.25) is 33.4 Å². The Morgan fingerprint density at radius 2 is 1.70 bits per heavy atom. The van der Waals surface area contributed by atoms with Crippen LogP contribution in [0.4, 0.5) is 11.8 Å². The number of nitrogens with zero attached hydrogens (tertiary/aromatic N) is 9. The number of hydrogen-bond donors (Lipinski definition) is 5. The SMILES string of the molecule is CCNC(=O)[C@@H]1O[C@@H](n2cnc3c(N)nc(NC(=O)c4ccc(-c5ncc(Cc6nc7c(c(=O)n(CC)c(=O)n7CC)n6C)o5)cc4)nc32)[C@H](O)[C@@H]1O. The van der Waals surface area contributed by atoms with Crippen molar-refractivity contribution in [3.63, 3.8) is 0 Å². The minimum absolute atomic E-state index is 0.0659. The quantitative estimate of drug-likeness (QED) is 0.123. The van der Waals surface area contributed by atoms with Crippen molar-refractivity contribution in [3.8, 4) is 11.5 Å². The lowest BCUT2D eigenvalue weighted by atomic mass is 10.1. The van der Waals surface area contributed by atoms with E-state index >= 15 is 0 Å². The average molecular weight is 729 g/mol. The fourth-order valence-corrected chi connectivity index (χ4v) is 6.31. The first-order valence-corrected chi connectivity index (χ1v) is 16.8. The molecule has 0 unspecified atom stereocenters. The van der Waals surface area contributed by atoms with E-state index in [0.717, 1.165) is 0 Å². The molecule has 2 amide bonds. The number of aliphatic hydroxyl groups excluding tert-OH is 2. The summed E-state index contributed by atoms with van der Waals surface area (Å²) >= 11 is 0. The first-order chi connectivity index (χ1) is 25.4. The van der Waals surface area contributed by atoms with Gasteiger partial charge in [-0.1, -0.05) is 0 Å². The minimum atomic E-state index is -1.52. The van der Waals surface area contributed by atoms with Gasteiger partial charge in [-0.05, 0) is 45.0 Å². The summed E-state index contributed by atoms with van der Waals surface area (Å²) in [6.45, 7) is 6.16. The summed E-state index contributed by atoms with van der Waals surface area (Å²) in [7, 11) is 1.72. The number of nitrogens with one attached hydrogen (secondary N) is 2. The van der Waals surface area contributed by atoms with Gasteiger partial charge in [-0.2, -0.15) is 9.97 Å². The Morgan fingerprint density at radius 3 is 2.40 bits per heavy atom. The zero-order chi connectivity index (χ0) is 37.7. The Kier molecular flexibility index (Phi) is 9.10. The van der Waals surface area contributed by atoms with Gasteiger partial charge >= 0.3 is 5.69 Å². The molecular weight excluding hydrogens is 692 g/mol. The molecule has 7 rings (SSSR count). The first-order valence-electron chi connectivity index (χ1n) is 16.8. The van der Waals surface area contributed by atoms with Crippen molar-refractivity contribution in [2.45, 2.75) is 64.8 Å². The number of hydrogen-bond acceptors (Lipinski definition) is 14. The molecule has 1 aliphatic rings. The van der Waals surface area contributed by atoms with E-state index in [-0.39, 0.29) is 47.3 Å². The van der Waals surface area contributed by atoms with Gasteiger partial charge in [0, 0.05) is 37.8 Å². The molecule has 276 valence electrons. The number of nitrogen functional groups attached to an aromatic ring is 1. The molecule has 1 saturated heterocycles. The maximum absolute atomic E-state index is 13.2. The molecule has 1 aromatic carbocycles. The van der Waals surface area contributed by atoms with Crippen molar-refractivity contribution in [1.29, 1.82) is 0 Å². The predicted molar refractivity (Wildman–Crippen MR) is 188 cm³/mol. The molecule has 4 atom stereocenters. The Morgan fingerprint density at radius 1 is 0.962 bits per heavy atom. The van der Waals surface area contributed by atoms with Gasteiger partial charge in [0.15, 0.2) is 35.0 Å². The Labute approximate surface area is 298 Å². The highest BCUT2D eigenvalue weighted by molar-refractivity contribution is 6.04. The molecule has 53 heavy (non-hydrogen) atoms. The molecule has 20 nitrogen and oxygen atoms in total. The highest BCUT2D eigenvalue weighted by Crippen LogP contribution is 2.33. The van der Waals surface area contributed by atoms with Crippen LogP contribution >= 0.6 is 0 Å². The van der Waals surface area contributed by atoms with Crippen LogP contribution in [0.25, 0.3) is 33.8 Å². The Hall–Kier alpha value is -6.25. The highest BCUT2D eigenvalue weighted by Gasteiger charge is 2.47. The highest BCUT2D eigenvalue weighted by atomic mass is 16.6. The molecule has 0 radical (unpaired) electrons. The third-order valence-corrected chi connectivity index (χ3v) is 9.04. The van der Waals surface area contributed by atoms with Crippen molar-refractivity contribution in [1.82, 2.24) is 48.5 Å². The van der Waals surface area contributed by atoms with Gasteiger partial charge in [-0.25, -0.2) is 19.7 Å². The third kappa shape index (κ3) is 6.01. The number of likely N-dealkylation sites (N-methyl/N-ethyl adjacent to an activating group) is 1. The zero-order valence-corrected chi connectivity index (χ0v) is 29.0. The number of aromatic nitrogens is 9. The van der Waals surface area contributed by atoms with Crippen molar-refractivity contribution >= 4 is 45.9 Å². The molecule has 1 aliphatic heterocycles. The average Bonchev–Trinajstić information content (AvgIpc) is 3.92. The first kappa shape index (κ1) is 35.2. The van der Waals surface area contributed by atoms with Gasteiger partial charge < -0.3 is 35.0 Å². The Balaban J connectivity index is 1.07. The van der Waals surface area contributed by atoms with Crippen molar-refractivity contribution in [2.75, 3.05) is 17.6 Å². The fourth-order valence-electron chi connectivity index (χ4n) is 6.31. The van der Waals surface area contributed by atoms with Crippen LogP contribution in [0.15, 0.2) is 50.8 Å². The fraction of sp³-hybridized carbons (Fsp3) is 0.364. The molecule has 0 spiro atoms. The van der Waals surface area contributed by atoms with E-state index in [4.69, 9.17) is 14.9 Å². The molecule has 6 aromatic rings. The lowest BCUT2D eigenvalue weighted by Crippen LogP contribution is -2.42. The zero-order valence-electron chi connectivity index (χ0n) is 29.0. The number of nitrogens with two attached hydrogens (primary N) is 1. The summed E-state index contributed by atoms with van der Waals surface area (Å²) in [4.78, 5) is 73.1. The van der Waals surface area contributed by atoms with Crippen LogP contribution in [0.3, 0.4) is 0 Å². The number of imidazole rings is 2. The maximum atomic E-state index is 13.2. The number of amides is 2.